The molecule has 0 saturated carbocycles. The number of allylic oxidation sites excluding steroid dienone is 1. The number of amides is 1. The zero-order chi connectivity index (χ0) is 25.2. The molecule has 8 nitrogen and oxygen atoms in total. The second-order valence-corrected chi connectivity index (χ2v) is 11.3. The Balaban J connectivity index is 1.57. The zero-order valence-corrected chi connectivity index (χ0v) is 21.7. The number of benzene rings is 2. The Morgan fingerprint density at radius 3 is 2.37 bits per heavy atom. The van der Waals surface area contributed by atoms with E-state index in [1.165, 1.54) is 15.6 Å². The van der Waals surface area contributed by atoms with Gasteiger partial charge in [-0.1, -0.05) is 35.1 Å². The molecule has 35 heavy (non-hydrogen) atoms. The SMILES string of the molecule is C=CCn1c(=NC(=O)C2CCN(S(=O)(=O)c3ccc(C)cc3)CC2)sc2cc(OC)c(OC)cc21. The maximum absolute atomic E-state index is 13.1. The van der Waals surface area contributed by atoms with E-state index in [2.05, 4.69) is 11.6 Å². The van der Waals surface area contributed by atoms with E-state index in [1.54, 1.807) is 44.6 Å². The van der Waals surface area contributed by atoms with Crippen molar-refractivity contribution >= 4 is 37.5 Å². The van der Waals surface area contributed by atoms with Crippen LogP contribution in [-0.2, 0) is 21.4 Å². The summed E-state index contributed by atoms with van der Waals surface area (Å²) < 4.78 is 41.1. The highest BCUT2D eigenvalue weighted by molar-refractivity contribution is 7.89. The van der Waals surface area contributed by atoms with E-state index in [1.807, 2.05) is 23.6 Å². The van der Waals surface area contributed by atoms with Crippen LogP contribution in [0.2, 0.25) is 0 Å². The van der Waals surface area contributed by atoms with Crippen molar-refractivity contribution in [3.63, 3.8) is 0 Å². The van der Waals surface area contributed by atoms with Crippen LogP contribution in [0.25, 0.3) is 10.2 Å². The quantitative estimate of drug-likeness (QED) is 0.447. The maximum atomic E-state index is 13.1. The minimum Gasteiger partial charge on any atom is -0.493 e. The maximum Gasteiger partial charge on any atom is 0.251 e. The van der Waals surface area contributed by atoms with Crippen LogP contribution in [0.5, 0.6) is 11.5 Å². The number of sulfonamides is 1. The van der Waals surface area contributed by atoms with E-state index in [9.17, 15) is 13.2 Å². The molecule has 0 atom stereocenters. The summed E-state index contributed by atoms with van der Waals surface area (Å²) in [5, 5.41) is 0. The van der Waals surface area contributed by atoms with E-state index < -0.39 is 10.0 Å². The van der Waals surface area contributed by atoms with Crippen molar-refractivity contribution in [2.45, 2.75) is 31.2 Å². The topological polar surface area (TPSA) is 90.2 Å². The molecule has 0 spiro atoms. The molecule has 1 amide bonds. The Labute approximate surface area is 209 Å². The Hall–Kier alpha value is -2.95. The Bertz CT molecular complexity index is 1410. The van der Waals surface area contributed by atoms with Crippen LogP contribution in [0, 0.1) is 12.8 Å². The van der Waals surface area contributed by atoms with Gasteiger partial charge < -0.3 is 14.0 Å². The summed E-state index contributed by atoms with van der Waals surface area (Å²) >= 11 is 1.39. The molecule has 1 aliphatic rings. The number of ether oxygens (including phenoxy) is 2. The highest BCUT2D eigenvalue weighted by atomic mass is 32.2. The fourth-order valence-electron chi connectivity index (χ4n) is 4.18. The van der Waals surface area contributed by atoms with E-state index in [-0.39, 0.29) is 29.8 Å². The van der Waals surface area contributed by atoms with Gasteiger partial charge in [-0.15, -0.1) is 6.58 Å². The second-order valence-electron chi connectivity index (χ2n) is 8.40. The number of aromatic nitrogens is 1. The number of aryl methyl sites for hydroxylation is 1. The Morgan fingerprint density at radius 1 is 1.14 bits per heavy atom. The summed E-state index contributed by atoms with van der Waals surface area (Å²) in [4.78, 5) is 18.4. The van der Waals surface area contributed by atoms with Crippen molar-refractivity contribution in [3.05, 3.63) is 59.4 Å². The molecular weight excluding hydrogens is 486 g/mol. The number of thiazole rings is 1. The van der Waals surface area contributed by atoms with Gasteiger partial charge in [-0.2, -0.15) is 9.30 Å². The molecule has 1 fully saturated rings. The fourth-order valence-corrected chi connectivity index (χ4v) is 6.70. The van der Waals surface area contributed by atoms with Gasteiger partial charge in [-0.25, -0.2) is 8.42 Å². The first-order valence-electron chi connectivity index (χ1n) is 11.3. The van der Waals surface area contributed by atoms with Crippen molar-refractivity contribution in [2.75, 3.05) is 27.3 Å². The number of piperidine rings is 1. The molecule has 2 heterocycles. The summed E-state index contributed by atoms with van der Waals surface area (Å²) in [6.45, 7) is 6.80. The molecule has 0 N–H and O–H groups in total. The standard InChI is InChI=1S/C25H29N3O5S2/c1-5-12-28-20-15-21(32-3)22(33-4)16-23(20)34-25(28)26-24(29)18-10-13-27(14-11-18)35(30,31)19-8-6-17(2)7-9-19/h5-9,15-16,18H,1,10-14H2,2-4H3. The van der Waals surface area contributed by atoms with Gasteiger partial charge >= 0.3 is 0 Å². The Kier molecular flexibility index (Phi) is 7.44. The van der Waals surface area contributed by atoms with E-state index >= 15 is 0 Å². The molecule has 0 radical (unpaired) electrons. The van der Waals surface area contributed by atoms with Crippen molar-refractivity contribution in [1.82, 2.24) is 8.87 Å². The summed E-state index contributed by atoms with van der Waals surface area (Å²) in [7, 11) is -0.421. The van der Waals surface area contributed by atoms with Crippen LogP contribution in [0.4, 0.5) is 0 Å². The molecule has 0 aliphatic carbocycles. The lowest BCUT2D eigenvalue weighted by molar-refractivity contribution is -0.122. The molecule has 4 rings (SSSR count). The number of hydrogen-bond donors (Lipinski definition) is 0. The number of fused-ring (bicyclic) bond motifs is 1. The van der Waals surface area contributed by atoms with Crippen LogP contribution in [-0.4, -0.2) is 50.5 Å². The molecule has 186 valence electrons. The second kappa shape index (κ2) is 10.3. The first-order chi connectivity index (χ1) is 16.8. The predicted molar refractivity (Wildman–Crippen MR) is 136 cm³/mol. The van der Waals surface area contributed by atoms with Gasteiger partial charge in [0.1, 0.15) is 0 Å². The highest BCUT2D eigenvalue weighted by Crippen LogP contribution is 2.33. The summed E-state index contributed by atoms with van der Waals surface area (Å²) in [5.41, 5.74) is 1.87. The number of nitrogens with zero attached hydrogens (tertiary/aromatic N) is 3. The van der Waals surface area contributed by atoms with Gasteiger partial charge in [-0.05, 0) is 31.9 Å². The van der Waals surface area contributed by atoms with Crippen molar-refractivity contribution in [1.29, 1.82) is 0 Å². The predicted octanol–water partition coefficient (Wildman–Crippen LogP) is 3.74. The largest absolute Gasteiger partial charge is 0.493 e. The molecular formula is C25H29N3O5S2. The van der Waals surface area contributed by atoms with Crippen molar-refractivity contribution in [3.8, 4) is 11.5 Å². The number of carbonyl (C=O) groups is 1. The lowest BCUT2D eigenvalue weighted by Gasteiger charge is -2.29. The van der Waals surface area contributed by atoms with Gasteiger partial charge in [0.15, 0.2) is 16.3 Å². The lowest BCUT2D eigenvalue weighted by atomic mass is 9.98. The van der Waals surface area contributed by atoms with E-state index in [4.69, 9.17) is 9.47 Å². The van der Waals surface area contributed by atoms with Crippen LogP contribution in [0.1, 0.15) is 18.4 Å². The molecule has 1 saturated heterocycles. The first-order valence-corrected chi connectivity index (χ1v) is 13.6. The molecule has 0 bridgehead atoms. The molecule has 1 aliphatic heterocycles. The van der Waals surface area contributed by atoms with E-state index in [0.717, 1.165) is 15.8 Å². The minimum atomic E-state index is -3.58. The average molecular weight is 516 g/mol. The summed E-state index contributed by atoms with van der Waals surface area (Å²) in [6.07, 6.45) is 2.61. The zero-order valence-electron chi connectivity index (χ0n) is 20.1. The van der Waals surface area contributed by atoms with Crippen LogP contribution in [0.3, 0.4) is 0 Å². The molecule has 0 unspecified atom stereocenters. The van der Waals surface area contributed by atoms with Crippen LogP contribution in [0.15, 0.2) is 58.9 Å². The molecule has 1 aromatic heterocycles. The molecule has 10 heteroatoms. The van der Waals surface area contributed by atoms with Crippen LogP contribution < -0.4 is 14.3 Å². The monoisotopic (exact) mass is 515 g/mol. The molecule has 3 aromatic rings. The third-order valence-electron chi connectivity index (χ3n) is 6.17. The van der Waals surface area contributed by atoms with Crippen LogP contribution >= 0.6 is 11.3 Å². The summed E-state index contributed by atoms with van der Waals surface area (Å²) in [6, 6.07) is 10.6. The van der Waals surface area contributed by atoms with Gasteiger partial charge in [0.05, 0.1) is 29.3 Å². The number of hydrogen-bond acceptors (Lipinski definition) is 6. The third-order valence-corrected chi connectivity index (χ3v) is 9.12. The van der Waals surface area contributed by atoms with Gasteiger partial charge in [0, 0.05) is 37.7 Å². The van der Waals surface area contributed by atoms with Crippen molar-refractivity contribution < 1.29 is 22.7 Å². The smallest absolute Gasteiger partial charge is 0.251 e. The number of methoxy groups -OCH3 is 2. The van der Waals surface area contributed by atoms with Gasteiger partial charge in [0.25, 0.3) is 5.91 Å². The van der Waals surface area contributed by atoms with Crippen molar-refractivity contribution in [2.24, 2.45) is 10.9 Å². The Morgan fingerprint density at radius 2 is 1.77 bits per heavy atom. The first kappa shape index (κ1) is 25.2. The third kappa shape index (κ3) is 5.05. The number of rotatable bonds is 7. The highest BCUT2D eigenvalue weighted by Gasteiger charge is 2.32. The normalized spacial score (nSPS) is 15.9. The van der Waals surface area contributed by atoms with Gasteiger partial charge in [-0.3, -0.25) is 4.79 Å². The molecule has 2 aromatic carbocycles. The number of carbonyl (C=O) groups excluding carboxylic acids is 1. The summed E-state index contributed by atoms with van der Waals surface area (Å²) in [5.74, 6) is 0.634. The van der Waals surface area contributed by atoms with E-state index in [0.29, 0.717) is 35.7 Å². The lowest BCUT2D eigenvalue weighted by Crippen LogP contribution is -2.40. The van der Waals surface area contributed by atoms with Gasteiger partial charge in [0.2, 0.25) is 10.0 Å². The fraction of sp³-hybridized carbons (Fsp3) is 0.360. The average Bonchev–Trinajstić information content (AvgIpc) is 3.19. The minimum absolute atomic E-state index is 0.235.